The molecule has 1 aromatic heterocycles. The van der Waals surface area contributed by atoms with Crippen LogP contribution in [0.25, 0.3) is 0 Å². The predicted octanol–water partition coefficient (Wildman–Crippen LogP) is 1.26. The van der Waals surface area contributed by atoms with Crippen molar-refractivity contribution in [3.63, 3.8) is 0 Å². The van der Waals surface area contributed by atoms with Crippen molar-refractivity contribution < 1.29 is 9.53 Å². The highest BCUT2D eigenvalue weighted by Gasteiger charge is 2.27. The monoisotopic (exact) mass is 282 g/mol. The Labute approximate surface area is 116 Å². The fourth-order valence-corrected chi connectivity index (χ4v) is 2.55. The first-order chi connectivity index (χ1) is 9.16. The zero-order chi connectivity index (χ0) is 13.4. The van der Waals surface area contributed by atoms with Crippen molar-refractivity contribution in [3.8, 4) is 0 Å². The van der Waals surface area contributed by atoms with Crippen molar-refractivity contribution in [2.45, 2.75) is 18.8 Å². The van der Waals surface area contributed by atoms with Crippen LogP contribution in [0, 0.1) is 0 Å². The van der Waals surface area contributed by atoms with Crippen LogP contribution in [-0.2, 0) is 4.74 Å². The van der Waals surface area contributed by atoms with Crippen LogP contribution in [0.2, 0.25) is 0 Å². The van der Waals surface area contributed by atoms with Crippen molar-refractivity contribution in [3.05, 3.63) is 17.7 Å². The first kappa shape index (κ1) is 12.6. The second kappa shape index (κ2) is 4.94. The van der Waals surface area contributed by atoms with Gasteiger partial charge >= 0.3 is 0 Å². The number of hydrogen-bond acceptors (Lipinski definition) is 5. The number of imidazole rings is 1. The number of rotatable bonds is 1. The fraction of sp³-hybridized carbons (Fsp3) is 0.583. The molecule has 1 fully saturated rings. The number of fused-ring (bicyclic) bond motifs is 1. The van der Waals surface area contributed by atoms with Crippen LogP contribution in [0.1, 0.15) is 35.1 Å². The highest BCUT2D eigenvalue weighted by molar-refractivity contribution is 6.64. The largest absolute Gasteiger partial charge is 0.381 e. The van der Waals surface area contributed by atoms with Gasteiger partial charge < -0.3 is 9.64 Å². The number of ketones is 1. The van der Waals surface area contributed by atoms with E-state index in [1.165, 1.54) is 0 Å². The number of amidine groups is 1. The van der Waals surface area contributed by atoms with Crippen LogP contribution in [0.15, 0.2) is 11.3 Å². The van der Waals surface area contributed by atoms with Crippen molar-refractivity contribution >= 4 is 22.7 Å². The minimum atomic E-state index is -0.0206. The lowest BCUT2D eigenvalue weighted by atomic mass is 10.00. The van der Waals surface area contributed by atoms with E-state index in [1.807, 2.05) is 0 Å². The number of Topliss-reactive ketones (excluding diaryl/α,β-unsaturated/α-hetero) is 1. The van der Waals surface area contributed by atoms with E-state index in [4.69, 9.17) is 16.3 Å². The van der Waals surface area contributed by atoms with E-state index in [2.05, 4.69) is 10.1 Å². The smallest absolute Gasteiger partial charge is 0.218 e. The molecule has 0 atom stereocenters. The standard InChI is InChI=1S/C12H15ClN4O2/c1-16-7-10(18)9-6-14-11(17(9)15-12(16)13)8-2-4-19-5-3-8/h6,8H,2-5,7H2,1H3. The Balaban J connectivity index is 2.02. The number of ether oxygens (including phenoxy) is 1. The van der Waals surface area contributed by atoms with Crippen LogP contribution in [0.4, 0.5) is 0 Å². The molecule has 1 aromatic rings. The van der Waals surface area contributed by atoms with Gasteiger partial charge in [0.1, 0.15) is 11.5 Å². The molecule has 0 aromatic carbocycles. The number of nitrogens with zero attached hydrogens (tertiary/aromatic N) is 4. The Kier molecular flexibility index (Phi) is 3.28. The third-order valence-corrected chi connectivity index (χ3v) is 3.88. The third-order valence-electron chi connectivity index (χ3n) is 3.51. The Bertz CT molecular complexity index is 534. The maximum absolute atomic E-state index is 12.1. The molecule has 2 aliphatic heterocycles. The van der Waals surface area contributed by atoms with Crippen LogP contribution < -0.4 is 0 Å². The summed E-state index contributed by atoms with van der Waals surface area (Å²) in [6, 6.07) is 0. The molecule has 0 N–H and O–H groups in total. The van der Waals surface area contributed by atoms with Crippen LogP contribution in [0.5, 0.6) is 0 Å². The molecule has 3 rings (SSSR count). The second-order valence-corrected chi connectivity index (χ2v) is 5.19. The van der Waals surface area contributed by atoms with Gasteiger partial charge in [0.2, 0.25) is 11.1 Å². The highest BCUT2D eigenvalue weighted by Crippen LogP contribution is 2.27. The Morgan fingerprint density at radius 2 is 2.16 bits per heavy atom. The molecule has 0 radical (unpaired) electrons. The average Bonchev–Trinajstić information content (AvgIpc) is 2.79. The minimum Gasteiger partial charge on any atom is -0.381 e. The van der Waals surface area contributed by atoms with E-state index in [0.29, 0.717) is 11.0 Å². The molecule has 3 heterocycles. The lowest BCUT2D eigenvalue weighted by Crippen LogP contribution is -2.27. The molecule has 0 amide bonds. The SMILES string of the molecule is CN1CC(=O)c2cnc(C3CCOCC3)n2N=C1Cl. The minimum absolute atomic E-state index is 0.0206. The molecular weight excluding hydrogens is 268 g/mol. The van der Waals surface area contributed by atoms with Gasteiger partial charge in [-0.05, 0) is 24.4 Å². The number of carbonyl (C=O) groups excluding carboxylic acids is 1. The summed E-state index contributed by atoms with van der Waals surface area (Å²) in [6.07, 6.45) is 3.39. The van der Waals surface area contributed by atoms with Gasteiger partial charge in [0.25, 0.3) is 0 Å². The van der Waals surface area contributed by atoms with E-state index in [-0.39, 0.29) is 18.2 Å². The Morgan fingerprint density at radius 3 is 2.89 bits per heavy atom. The number of carbonyl (C=O) groups is 1. The van der Waals surface area contributed by atoms with Gasteiger partial charge in [0, 0.05) is 26.2 Å². The molecule has 2 aliphatic rings. The van der Waals surface area contributed by atoms with E-state index in [0.717, 1.165) is 31.9 Å². The number of halogens is 1. The summed E-state index contributed by atoms with van der Waals surface area (Å²) in [6.45, 7) is 1.66. The van der Waals surface area contributed by atoms with Crippen molar-refractivity contribution in [1.82, 2.24) is 14.6 Å². The molecule has 0 saturated carbocycles. The van der Waals surface area contributed by atoms with E-state index >= 15 is 0 Å². The van der Waals surface area contributed by atoms with Crippen molar-refractivity contribution in [2.24, 2.45) is 5.10 Å². The second-order valence-electron chi connectivity index (χ2n) is 4.85. The summed E-state index contributed by atoms with van der Waals surface area (Å²) >= 11 is 6.08. The maximum atomic E-state index is 12.1. The van der Waals surface area contributed by atoms with E-state index in [1.54, 1.807) is 22.8 Å². The molecule has 0 bridgehead atoms. The summed E-state index contributed by atoms with van der Waals surface area (Å²) in [7, 11) is 1.75. The zero-order valence-corrected chi connectivity index (χ0v) is 11.4. The summed E-state index contributed by atoms with van der Waals surface area (Å²) in [5, 5.41) is 4.61. The summed E-state index contributed by atoms with van der Waals surface area (Å²) in [5.74, 6) is 1.06. The van der Waals surface area contributed by atoms with Gasteiger partial charge in [-0.25, -0.2) is 9.66 Å². The molecular formula is C12H15ClN4O2. The summed E-state index contributed by atoms with van der Waals surface area (Å²) < 4.78 is 6.95. The van der Waals surface area contributed by atoms with Gasteiger partial charge in [-0.1, -0.05) is 0 Å². The molecule has 1 saturated heterocycles. The lowest BCUT2D eigenvalue weighted by Gasteiger charge is -2.21. The molecule has 0 unspecified atom stereocenters. The number of hydrogen-bond donors (Lipinski definition) is 0. The van der Waals surface area contributed by atoms with Crippen LogP contribution >= 0.6 is 11.6 Å². The molecule has 102 valence electrons. The Hall–Kier alpha value is -1.40. The predicted molar refractivity (Wildman–Crippen MR) is 70.7 cm³/mol. The first-order valence-electron chi connectivity index (χ1n) is 6.31. The molecule has 0 aliphatic carbocycles. The van der Waals surface area contributed by atoms with E-state index in [9.17, 15) is 4.79 Å². The van der Waals surface area contributed by atoms with Crippen LogP contribution in [-0.4, -0.2) is 52.4 Å². The highest BCUT2D eigenvalue weighted by atomic mass is 35.5. The van der Waals surface area contributed by atoms with Gasteiger partial charge in [-0.3, -0.25) is 4.79 Å². The topological polar surface area (TPSA) is 59.7 Å². The summed E-state index contributed by atoms with van der Waals surface area (Å²) in [5.41, 5.74) is 0.504. The van der Waals surface area contributed by atoms with Gasteiger partial charge in [0.05, 0.1) is 12.7 Å². The van der Waals surface area contributed by atoms with Gasteiger partial charge in [-0.2, -0.15) is 0 Å². The van der Waals surface area contributed by atoms with Crippen molar-refractivity contribution in [1.29, 1.82) is 0 Å². The fourth-order valence-electron chi connectivity index (χ4n) is 2.41. The third kappa shape index (κ3) is 2.26. The van der Waals surface area contributed by atoms with Gasteiger partial charge in [0.15, 0.2) is 0 Å². The normalized spacial score (nSPS) is 21.1. The van der Waals surface area contributed by atoms with Gasteiger partial charge in [-0.15, -0.1) is 5.10 Å². The summed E-state index contributed by atoms with van der Waals surface area (Å²) in [4.78, 5) is 18.1. The zero-order valence-electron chi connectivity index (χ0n) is 10.7. The maximum Gasteiger partial charge on any atom is 0.218 e. The number of aromatic nitrogens is 2. The Morgan fingerprint density at radius 1 is 1.42 bits per heavy atom. The van der Waals surface area contributed by atoms with Crippen molar-refractivity contribution in [2.75, 3.05) is 26.8 Å². The molecule has 19 heavy (non-hydrogen) atoms. The van der Waals surface area contributed by atoms with E-state index < -0.39 is 0 Å². The molecule has 0 spiro atoms. The first-order valence-corrected chi connectivity index (χ1v) is 6.69. The molecule has 7 heteroatoms. The average molecular weight is 283 g/mol. The number of likely N-dealkylation sites (N-methyl/N-ethyl adjacent to an activating group) is 1. The lowest BCUT2D eigenvalue weighted by molar-refractivity contribution is 0.0829. The quantitative estimate of drug-likeness (QED) is 0.728. The molecule has 6 nitrogen and oxygen atoms in total. The van der Waals surface area contributed by atoms with Crippen LogP contribution in [0.3, 0.4) is 0 Å².